The van der Waals surface area contributed by atoms with Crippen molar-refractivity contribution in [1.29, 1.82) is 0 Å². The topological polar surface area (TPSA) is 53.2 Å². The predicted molar refractivity (Wildman–Crippen MR) is 114 cm³/mol. The first-order valence-corrected chi connectivity index (χ1v) is 9.42. The third kappa shape index (κ3) is 6.34. The smallest absolute Gasteiger partial charge is 0.254 e. The number of alkyl halides is 3. The number of anilines is 1. The SMILES string of the molecule is O=C(NC(NC(=S)Nc1ccc(Cl)cc1)C(Cl)(Cl)Cl)c1ccccc1Cl. The summed E-state index contributed by atoms with van der Waals surface area (Å²) < 4.78 is -1.87. The Morgan fingerprint density at radius 2 is 1.58 bits per heavy atom. The second-order valence-corrected chi connectivity index (χ2v) is 8.65. The van der Waals surface area contributed by atoms with Gasteiger partial charge in [0.05, 0.1) is 10.6 Å². The molecule has 1 amide bonds. The minimum Gasteiger partial charge on any atom is -0.339 e. The van der Waals surface area contributed by atoms with Gasteiger partial charge in [0.2, 0.25) is 3.79 Å². The van der Waals surface area contributed by atoms with Crippen molar-refractivity contribution in [3.63, 3.8) is 0 Å². The van der Waals surface area contributed by atoms with Crippen LogP contribution in [0.4, 0.5) is 5.69 Å². The van der Waals surface area contributed by atoms with E-state index in [-0.39, 0.29) is 15.7 Å². The molecule has 0 bridgehead atoms. The summed E-state index contributed by atoms with van der Waals surface area (Å²) in [7, 11) is 0. The number of hydrogen-bond donors (Lipinski definition) is 3. The number of benzene rings is 2. The van der Waals surface area contributed by atoms with Crippen LogP contribution in [0.25, 0.3) is 0 Å². The maximum absolute atomic E-state index is 12.4. The fraction of sp³-hybridized carbons (Fsp3) is 0.125. The molecular weight excluding hydrogens is 460 g/mol. The molecule has 2 aromatic rings. The Labute approximate surface area is 181 Å². The lowest BCUT2D eigenvalue weighted by Gasteiger charge is -2.28. The summed E-state index contributed by atoms with van der Waals surface area (Å²) >= 11 is 34.9. The molecule has 0 aromatic heterocycles. The van der Waals surface area contributed by atoms with Gasteiger partial charge >= 0.3 is 0 Å². The quantitative estimate of drug-likeness (QED) is 0.317. The molecule has 26 heavy (non-hydrogen) atoms. The number of rotatable bonds is 4. The molecule has 0 aliphatic carbocycles. The summed E-state index contributed by atoms with van der Waals surface area (Å²) in [5, 5.41) is 9.22. The Morgan fingerprint density at radius 3 is 2.15 bits per heavy atom. The number of amides is 1. The third-order valence-corrected chi connectivity index (χ3v) is 4.55. The van der Waals surface area contributed by atoms with Gasteiger partial charge < -0.3 is 16.0 Å². The Balaban J connectivity index is 2.07. The molecule has 3 N–H and O–H groups in total. The summed E-state index contributed by atoms with van der Waals surface area (Å²) in [6, 6.07) is 13.3. The molecule has 0 heterocycles. The van der Waals surface area contributed by atoms with Crippen LogP contribution in [0.1, 0.15) is 10.4 Å². The van der Waals surface area contributed by atoms with Crippen LogP contribution in [0.2, 0.25) is 10.0 Å². The molecule has 0 fully saturated rings. The van der Waals surface area contributed by atoms with Crippen LogP contribution in [0, 0.1) is 0 Å². The minimum absolute atomic E-state index is 0.142. The predicted octanol–water partition coefficient (Wildman–Crippen LogP) is 5.41. The van der Waals surface area contributed by atoms with Crippen molar-refractivity contribution in [2.24, 2.45) is 0 Å². The second kappa shape index (κ2) is 9.31. The van der Waals surface area contributed by atoms with Crippen LogP contribution in [-0.2, 0) is 0 Å². The van der Waals surface area contributed by atoms with E-state index in [2.05, 4.69) is 16.0 Å². The van der Waals surface area contributed by atoms with Crippen molar-refractivity contribution in [1.82, 2.24) is 10.6 Å². The Morgan fingerprint density at radius 1 is 0.962 bits per heavy atom. The average Bonchev–Trinajstić information content (AvgIpc) is 2.56. The van der Waals surface area contributed by atoms with E-state index in [0.717, 1.165) is 0 Å². The van der Waals surface area contributed by atoms with Crippen LogP contribution in [-0.4, -0.2) is 21.0 Å². The van der Waals surface area contributed by atoms with Crippen LogP contribution < -0.4 is 16.0 Å². The molecule has 1 atom stereocenters. The summed E-state index contributed by atoms with van der Waals surface area (Å²) in [5.41, 5.74) is 0.916. The van der Waals surface area contributed by atoms with E-state index in [1.807, 2.05) is 0 Å². The molecule has 4 nitrogen and oxygen atoms in total. The molecule has 10 heteroatoms. The Bertz CT molecular complexity index is 795. The highest BCUT2D eigenvalue weighted by Gasteiger charge is 2.35. The van der Waals surface area contributed by atoms with Crippen molar-refractivity contribution in [3.05, 3.63) is 64.1 Å². The van der Waals surface area contributed by atoms with E-state index in [1.54, 1.807) is 48.5 Å². The van der Waals surface area contributed by atoms with E-state index in [9.17, 15) is 4.79 Å². The van der Waals surface area contributed by atoms with Gasteiger partial charge in [-0.2, -0.15) is 0 Å². The van der Waals surface area contributed by atoms with E-state index >= 15 is 0 Å². The van der Waals surface area contributed by atoms with Crippen LogP contribution >= 0.6 is 70.2 Å². The molecule has 0 saturated carbocycles. The monoisotopic (exact) mass is 469 g/mol. The second-order valence-electron chi connectivity index (χ2n) is 5.03. The van der Waals surface area contributed by atoms with Crippen LogP contribution in [0.5, 0.6) is 0 Å². The fourth-order valence-electron chi connectivity index (χ4n) is 1.89. The lowest BCUT2D eigenvalue weighted by atomic mass is 10.2. The molecule has 0 aliphatic rings. The van der Waals surface area contributed by atoms with Crippen LogP contribution in [0.3, 0.4) is 0 Å². The van der Waals surface area contributed by atoms with Crippen molar-refractivity contribution in [3.8, 4) is 0 Å². The molecule has 2 aromatic carbocycles. The van der Waals surface area contributed by atoms with Crippen molar-refractivity contribution < 1.29 is 4.79 Å². The van der Waals surface area contributed by atoms with E-state index < -0.39 is 15.9 Å². The van der Waals surface area contributed by atoms with Gasteiger partial charge in [-0.25, -0.2) is 0 Å². The molecule has 0 aliphatic heterocycles. The summed E-state index contributed by atoms with van der Waals surface area (Å²) in [6.45, 7) is 0. The van der Waals surface area contributed by atoms with E-state index in [1.165, 1.54) is 0 Å². The lowest BCUT2D eigenvalue weighted by molar-refractivity contribution is 0.0934. The van der Waals surface area contributed by atoms with Gasteiger partial charge in [-0.1, -0.05) is 70.1 Å². The number of nitrogens with one attached hydrogen (secondary N) is 3. The maximum atomic E-state index is 12.4. The first kappa shape index (κ1) is 21.4. The summed E-state index contributed by atoms with van der Waals surface area (Å²) in [4.78, 5) is 12.4. The molecule has 1 unspecified atom stereocenters. The standard InChI is InChI=1S/C16H12Cl5N3OS/c17-9-5-7-10(8-6-9)22-15(26)24-14(16(19,20)21)23-13(25)11-3-1-2-4-12(11)18/h1-8,14H,(H,23,25)(H2,22,24,26). The van der Waals surface area contributed by atoms with Gasteiger partial charge in [-0.05, 0) is 48.6 Å². The maximum Gasteiger partial charge on any atom is 0.254 e. The zero-order chi connectivity index (χ0) is 19.3. The molecule has 2 rings (SSSR count). The van der Waals surface area contributed by atoms with Gasteiger partial charge in [-0.15, -0.1) is 0 Å². The zero-order valence-electron chi connectivity index (χ0n) is 12.9. The Kier molecular flexibility index (Phi) is 7.64. The fourth-order valence-corrected chi connectivity index (χ4v) is 2.80. The van der Waals surface area contributed by atoms with Gasteiger partial charge in [0.1, 0.15) is 6.17 Å². The zero-order valence-corrected chi connectivity index (χ0v) is 17.5. The molecule has 138 valence electrons. The number of carbonyl (C=O) groups is 1. The van der Waals surface area contributed by atoms with Crippen molar-refractivity contribution in [2.45, 2.75) is 9.96 Å². The molecule has 0 saturated heterocycles. The van der Waals surface area contributed by atoms with Gasteiger partial charge in [0.25, 0.3) is 5.91 Å². The van der Waals surface area contributed by atoms with Crippen molar-refractivity contribution in [2.75, 3.05) is 5.32 Å². The van der Waals surface area contributed by atoms with Gasteiger partial charge in [0, 0.05) is 10.7 Å². The highest BCUT2D eigenvalue weighted by molar-refractivity contribution is 7.80. The van der Waals surface area contributed by atoms with Gasteiger partial charge in [0.15, 0.2) is 5.11 Å². The van der Waals surface area contributed by atoms with E-state index in [4.69, 9.17) is 70.2 Å². The average molecular weight is 472 g/mol. The first-order chi connectivity index (χ1) is 12.2. The molecule has 0 spiro atoms. The Hall–Kier alpha value is -0.950. The number of thiocarbonyl (C=S) groups is 1. The highest BCUT2D eigenvalue weighted by Crippen LogP contribution is 2.29. The molecule has 0 radical (unpaired) electrons. The summed E-state index contributed by atoms with van der Waals surface area (Å²) in [6.07, 6.45) is -1.11. The van der Waals surface area contributed by atoms with Gasteiger partial charge in [-0.3, -0.25) is 4.79 Å². The number of halogens is 5. The first-order valence-electron chi connectivity index (χ1n) is 7.12. The number of hydrogen-bond acceptors (Lipinski definition) is 2. The van der Waals surface area contributed by atoms with E-state index in [0.29, 0.717) is 10.7 Å². The minimum atomic E-state index is -1.87. The normalized spacial score (nSPS) is 12.2. The summed E-state index contributed by atoms with van der Waals surface area (Å²) in [5.74, 6) is -0.520. The highest BCUT2D eigenvalue weighted by atomic mass is 35.6. The third-order valence-electron chi connectivity index (χ3n) is 3.10. The molecular formula is C16H12Cl5N3OS. The number of carbonyl (C=O) groups excluding carboxylic acids is 1. The van der Waals surface area contributed by atoms with Crippen molar-refractivity contribution >= 4 is 86.9 Å². The largest absolute Gasteiger partial charge is 0.339 e. The van der Waals surface area contributed by atoms with Crippen LogP contribution in [0.15, 0.2) is 48.5 Å². The lowest BCUT2D eigenvalue weighted by Crippen LogP contribution is -2.56.